The Morgan fingerprint density at radius 1 is 1.20 bits per heavy atom. The Hall–Kier alpha value is -0.480. The molecule has 0 radical (unpaired) electrons. The van der Waals surface area contributed by atoms with Gasteiger partial charge in [-0.2, -0.15) is 0 Å². The maximum atomic E-state index is 12.5. The van der Waals surface area contributed by atoms with Crippen LogP contribution in [0.2, 0.25) is 0 Å². The molecule has 2 aliphatic rings. The first-order chi connectivity index (χ1) is 7.05. The lowest BCUT2D eigenvalue weighted by Gasteiger charge is -2.40. The molecule has 2 saturated heterocycles. The molecule has 2 aliphatic heterocycles. The van der Waals surface area contributed by atoms with Crippen molar-refractivity contribution in [2.24, 2.45) is 0 Å². The minimum Gasteiger partial charge on any atom is -0.298 e. The summed E-state index contributed by atoms with van der Waals surface area (Å²) in [5.74, 6) is -2.43. The van der Waals surface area contributed by atoms with Crippen LogP contribution in [0, 0.1) is 0 Å². The van der Waals surface area contributed by atoms with Crippen LogP contribution < -0.4 is 0 Å². The second-order valence-corrected chi connectivity index (χ2v) is 4.70. The molecule has 0 aromatic heterocycles. The summed E-state index contributed by atoms with van der Waals surface area (Å²) in [6.45, 7) is 7.57. The van der Waals surface area contributed by atoms with Crippen LogP contribution >= 0.6 is 0 Å². The quantitative estimate of drug-likeness (QED) is 0.661. The molecule has 0 saturated carbocycles. The monoisotopic (exact) mass is 216 g/mol. The predicted molar refractivity (Wildman–Crippen MR) is 56.2 cm³/mol. The van der Waals surface area contributed by atoms with Crippen molar-refractivity contribution >= 4 is 0 Å². The van der Waals surface area contributed by atoms with Crippen LogP contribution in [0.3, 0.4) is 0 Å². The van der Waals surface area contributed by atoms with Crippen molar-refractivity contribution < 1.29 is 8.78 Å². The van der Waals surface area contributed by atoms with E-state index in [9.17, 15) is 8.78 Å². The molecule has 15 heavy (non-hydrogen) atoms. The molecule has 0 aromatic carbocycles. The summed E-state index contributed by atoms with van der Waals surface area (Å²) < 4.78 is 25.1. The summed E-state index contributed by atoms with van der Waals surface area (Å²) in [4.78, 5) is 4.12. The maximum absolute atomic E-state index is 12.5. The molecule has 2 heterocycles. The van der Waals surface area contributed by atoms with Crippen molar-refractivity contribution in [3.8, 4) is 0 Å². The molecule has 2 fully saturated rings. The van der Waals surface area contributed by atoms with Gasteiger partial charge in [0, 0.05) is 19.6 Å². The zero-order chi connectivity index (χ0) is 10.9. The molecular weight excluding hydrogens is 198 g/mol. The van der Waals surface area contributed by atoms with E-state index in [-0.39, 0.29) is 13.1 Å². The molecular formula is C11H18F2N2. The van der Waals surface area contributed by atoms with E-state index in [1.165, 1.54) is 5.57 Å². The van der Waals surface area contributed by atoms with Crippen molar-refractivity contribution in [1.29, 1.82) is 0 Å². The van der Waals surface area contributed by atoms with Crippen LogP contribution in [-0.4, -0.2) is 55.0 Å². The molecule has 0 unspecified atom stereocenters. The molecule has 0 aliphatic carbocycles. The molecule has 2 rings (SSSR count). The van der Waals surface area contributed by atoms with Crippen molar-refractivity contribution in [3.05, 3.63) is 12.2 Å². The average molecular weight is 216 g/mol. The van der Waals surface area contributed by atoms with Gasteiger partial charge in [0.05, 0.1) is 13.1 Å². The van der Waals surface area contributed by atoms with E-state index in [0.29, 0.717) is 0 Å². The van der Waals surface area contributed by atoms with Gasteiger partial charge in [0.2, 0.25) is 0 Å². The van der Waals surface area contributed by atoms with Gasteiger partial charge in [0.25, 0.3) is 5.92 Å². The Kier molecular flexibility index (Phi) is 3.07. The minimum atomic E-state index is -2.43. The number of rotatable bonds is 3. The van der Waals surface area contributed by atoms with Gasteiger partial charge < -0.3 is 0 Å². The van der Waals surface area contributed by atoms with Gasteiger partial charge in [-0.1, -0.05) is 12.2 Å². The highest BCUT2D eigenvalue weighted by atomic mass is 19.3. The van der Waals surface area contributed by atoms with Gasteiger partial charge in [0.1, 0.15) is 0 Å². The van der Waals surface area contributed by atoms with Gasteiger partial charge in [0.15, 0.2) is 0 Å². The summed E-state index contributed by atoms with van der Waals surface area (Å²) in [5, 5.41) is 0. The maximum Gasteiger partial charge on any atom is 0.272 e. The fourth-order valence-corrected chi connectivity index (χ4v) is 2.27. The predicted octanol–water partition coefficient (Wildman–Crippen LogP) is 1.59. The summed E-state index contributed by atoms with van der Waals surface area (Å²) >= 11 is 0. The second-order valence-electron chi connectivity index (χ2n) is 4.70. The third-order valence-electron chi connectivity index (χ3n) is 3.09. The van der Waals surface area contributed by atoms with E-state index in [0.717, 1.165) is 39.0 Å². The molecule has 0 amide bonds. The Bertz CT molecular complexity index is 245. The number of likely N-dealkylation sites (tertiary alicyclic amines) is 2. The zero-order valence-electron chi connectivity index (χ0n) is 9.01. The number of nitrogens with zero attached hydrogens (tertiary/aromatic N) is 2. The highest BCUT2D eigenvalue weighted by Gasteiger charge is 2.43. The molecule has 86 valence electrons. The molecule has 4 heteroatoms. The third-order valence-corrected chi connectivity index (χ3v) is 3.09. The Morgan fingerprint density at radius 2 is 1.87 bits per heavy atom. The van der Waals surface area contributed by atoms with Crippen LogP contribution in [0.25, 0.3) is 0 Å². The van der Waals surface area contributed by atoms with Crippen LogP contribution in [0.4, 0.5) is 8.78 Å². The number of alkyl halides is 2. The zero-order valence-corrected chi connectivity index (χ0v) is 9.01. The Balaban J connectivity index is 1.64. The van der Waals surface area contributed by atoms with Gasteiger partial charge in [-0.05, 0) is 19.4 Å². The molecule has 0 aromatic rings. The Labute approximate surface area is 89.5 Å². The molecule has 2 nitrogen and oxygen atoms in total. The second kappa shape index (κ2) is 4.18. The first-order valence-corrected chi connectivity index (χ1v) is 5.54. The van der Waals surface area contributed by atoms with Gasteiger partial charge in [-0.15, -0.1) is 0 Å². The summed E-state index contributed by atoms with van der Waals surface area (Å²) in [6.07, 6.45) is 2.28. The number of halogens is 2. The van der Waals surface area contributed by atoms with Crippen LogP contribution in [0.15, 0.2) is 12.2 Å². The van der Waals surface area contributed by atoms with Crippen LogP contribution in [0.5, 0.6) is 0 Å². The van der Waals surface area contributed by atoms with Crippen molar-refractivity contribution in [1.82, 2.24) is 9.80 Å². The molecule has 0 spiro atoms. The molecule has 0 atom stereocenters. The highest BCUT2D eigenvalue weighted by molar-refractivity contribution is 5.00. The minimum absolute atomic E-state index is 0.0538. The van der Waals surface area contributed by atoms with Crippen molar-refractivity contribution in [2.75, 3.05) is 39.3 Å². The molecule has 0 N–H and O–H groups in total. The topological polar surface area (TPSA) is 6.48 Å². The van der Waals surface area contributed by atoms with E-state index < -0.39 is 5.92 Å². The number of hydrogen-bond donors (Lipinski definition) is 0. The first-order valence-electron chi connectivity index (χ1n) is 5.54. The standard InChI is InChI=1S/C11H18F2N2/c1-10-3-2-4-14(7-10)5-6-15-8-11(12,13)9-15/h1-9H2. The van der Waals surface area contributed by atoms with Crippen molar-refractivity contribution in [3.63, 3.8) is 0 Å². The largest absolute Gasteiger partial charge is 0.298 e. The lowest BCUT2D eigenvalue weighted by atomic mass is 10.1. The van der Waals surface area contributed by atoms with Gasteiger partial charge in [-0.25, -0.2) is 8.78 Å². The lowest BCUT2D eigenvalue weighted by Crippen LogP contribution is -2.57. The summed E-state index contributed by atoms with van der Waals surface area (Å²) in [6, 6.07) is 0. The summed E-state index contributed by atoms with van der Waals surface area (Å²) in [5.41, 5.74) is 1.27. The number of piperidine rings is 1. The normalized spacial score (nSPS) is 27.7. The van der Waals surface area contributed by atoms with Crippen LogP contribution in [-0.2, 0) is 0 Å². The first kappa shape index (κ1) is 11.0. The average Bonchev–Trinajstić information content (AvgIpc) is 2.11. The van der Waals surface area contributed by atoms with E-state index >= 15 is 0 Å². The smallest absolute Gasteiger partial charge is 0.272 e. The van der Waals surface area contributed by atoms with E-state index in [4.69, 9.17) is 0 Å². The van der Waals surface area contributed by atoms with Crippen molar-refractivity contribution in [2.45, 2.75) is 18.8 Å². The SMILES string of the molecule is C=C1CCCN(CCN2CC(F)(F)C2)C1. The van der Waals surface area contributed by atoms with E-state index in [1.807, 2.05) is 4.90 Å². The number of hydrogen-bond acceptors (Lipinski definition) is 2. The fraction of sp³-hybridized carbons (Fsp3) is 0.818. The summed E-state index contributed by atoms with van der Waals surface area (Å²) in [7, 11) is 0. The highest BCUT2D eigenvalue weighted by Crippen LogP contribution is 2.26. The van der Waals surface area contributed by atoms with Gasteiger partial charge in [-0.3, -0.25) is 9.80 Å². The third kappa shape index (κ3) is 2.98. The van der Waals surface area contributed by atoms with E-state index in [1.54, 1.807) is 0 Å². The molecule has 0 bridgehead atoms. The fourth-order valence-electron chi connectivity index (χ4n) is 2.27. The Morgan fingerprint density at radius 3 is 2.47 bits per heavy atom. The van der Waals surface area contributed by atoms with Gasteiger partial charge >= 0.3 is 0 Å². The van der Waals surface area contributed by atoms with Crippen LogP contribution in [0.1, 0.15) is 12.8 Å². The lowest BCUT2D eigenvalue weighted by molar-refractivity contribution is -0.131. The van der Waals surface area contributed by atoms with E-state index in [2.05, 4.69) is 11.5 Å².